The van der Waals surface area contributed by atoms with Crippen molar-refractivity contribution in [2.75, 3.05) is 12.1 Å². The number of para-hydroxylation sites is 1. The zero-order valence-electron chi connectivity index (χ0n) is 15.1. The maximum Gasteiger partial charge on any atom is 0.323 e. The number of hydrogen-bond donors (Lipinski definition) is 2. The van der Waals surface area contributed by atoms with E-state index in [9.17, 15) is 14.9 Å². The van der Waals surface area contributed by atoms with Gasteiger partial charge in [0.25, 0.3) is 5.91 Å². The van der Waals surface area contributed by atoms with E-state index in [0.717, 1.165) is 5.39 Å². The average molecular weight is 389 g/mol. The molecule has 4 rings (SSSR count). The van der Waals surface area contributed by atoms with Crippen LogP contribution in [0.25, 0.3) is 17.0 Å². The Hall–Kier alpha value is -4.25. The molecule has 0 spiro atoms. The lowest BCUT2D eigenvalue weighted by Crippen LogP contribution is -2.13. The number of benzene rings is 2. The molecule has 0 radical (unpaired) electrons. The standard InChI is InChI=1S/C21H15N3O5/c22-9-13(21(27)23-15-5-6-18-19(8-15)29-12-28-18)7-14-10-24(11-20(25)26)17-4-2-1-3-16(14)17/h1-8,10H,11-12H2,(H,23,27)(H,25,26)/b13-7+. The minimum absolute atomic E-state index is 0.110. The van der Waals surface area contributed by atoms with Gasteiger partial charge in [0.15, 0.2) is 11.5 Å². The number of hydrogen-bond acceptors (Lipinski definition) is 5. The highest BCUT2D eigenvalue weighted by molar-refractivity contribution is 6.11. The number of carbonyl (C=O) groups excluding carboxylic acids is 1. The lowest BCUT2D eigenvalue weighted by molar-refractivity contribution is -0.137. The predicted octanol–water partition coefficient (Wildman–Crippen LogP) is 3.00. The molecule has 0 unspecified atom stereocenters. The normalized spacial score (nSPS) is 12.6. The highest BCUT2D eigenvalue weighted by atomic mass is 16.7. The van der Waals surface area contributed by atoms with E-state index in [0.29, 0.717) is 28.3 Å². The summed E-state index contributed by atoms with van der Waals surface area (Å²) in [6, 6.07) is 14.1. The highest BCUT2D eigenvalue weighted by Gasteiger charge is 2.17. The molecule has 2 aromatic carbocycles. The van der Waals surface area contributed by atoms with Gasteiger partial charge in [-0.15, -0.1) is 0 Å². The number of nitrogens with one attached hydrogen (secondary N) is 1. The minimum atomic E-state index is -0.984. The Kier molecular flexibility index (Phi) is 4.63. The van der Waals surface area contributed by atoms with Crippen molar-refractivity contribution in [3.8, 4) is 17.6 Å². The highest BCUT2D eigenvalue weighted by Crippen LogP contribution is 2.34. The largest absolute Gasteiger partial charge is 0.480 e. The van der Waals surface area contributed by atoms with Crippen LogP contribution in [0.2, 0.25) is 0 Å². The zero-order chi connectivity index (χ0) is 20.4. The number of carbonyl (C=O) groups is 2. The van der Waals surface area contributed by atoms with Crippen molar-refractivity contribution in [2.45, 2.75) is 6.54 Å². The van der Waals surface area contributed by atoms with Crippen molar-refractivity contribution in [1.29, 1.82) is 5.26 Å². The number of carboxylic acid groups (broad SMARTS) is 1. The number of carboxylic acids is 1. The van der Waals surface area contributed by atoms with Gasteiger partial charge in [0, 0.05) is 34.4 Å². The number of aromatic nitrogens is 1. The van der Waals surface area contributed by atoms with E-state index in [1.807, 2.05) is 18.2 Å². The van der Waals surface area contributed by atoms with Crippen LogP contribution in [-0.4, -0.2) is 28.3 Å². The van der Waals surface area contributed by atoms with Crippen molar-refractivity contribution in [3.05, 3.63) is 59.8 Å². The molecule has 29 heavy (non-hydrogen) atoms. The van der Waals surface area contributed by atoms with Crippen molar-refractivity contribution < 1.29 is 24.2 Å². The lowest BCUT2D eigenvalue weighted by atomic mass is 10.1. The zero-order valence-corrected chi connectivity index (χ0v) is 15.1. The Balaban J connectivity index is 1.64. The summed E-state index contributed by atoms with van der Waals surface area (Å²) in [7, 11) is 0. The molecule has 0 bridgehead atoms. The number of nitrogens with zero attached hydrogens (tertiary/aromatic N) is 2. The van der Waals surface area contributed by atoms with E-state index in [-0.39, 0.29) is 18.9 Å². The first-order valence-electron chi connectivity index (χ1n) is 8.67. The first-order valence-corrected chi connectivity index (χ1v) is 8.67. The molecule has 1 aromatic heterocycles. The number of anilines is 1. The van der Waals surface area contributed by atoms with Crippen LogP contribution in [0.1, 0.15) is 5.56 Å². The maximum atomic E-state index is 12.6. The van der Waals surface area contributed by atoms with Crippen LogP contribution in [0.3, 0.4) is 0 Å². The van der Waals surface area contributed by atoms with Crippen LogP contribution >= 0.6 is 0 Å². The molecule has 1 aliphatic heterocycles. The van der Waals surface area contributed by atoms with Crippen LogP contribution in [-0.2, 0) is 16.1 Å². The lowest BCUT2D eigenvalue weighted by Gasteiger charge is -2.05. The number of nitriles is 1. The van der Waals surface area contributed by atoms with Gasteiger partial charge in [-0.05, 0) is 24.3 Å². The number of aliphatic carboxylic acids is 1. The van der Waals surface area contributed by atoms with Crippen LogP contribution in [0.15, 0.2) is 54.2 Å². The summed E-state index contributed by atoms with van der Waals surface area (Å²) in [5.41, 5.74) is 1.64. The molecule has 1 aliphatic rings. The first kappa shape index (κ1) is 18.1. The molecule has 8 nitrogen and oxygen atoms in total. The predicted molar refractivity (Wildman–Crippen MR) is 104 cm³/mol. The quantitative estimate of drug-likeness (QED) is 0.512. The number of ether oxygens (including phenoxy) is 2. The molecule has 0 aliphatic carbocycles. The molecular formula is C21H15N3O5. The number of fused-ring (bicyclic) bond motifs is 2. The fraction of sp³-hybridized carbons (Fsp3) is 0.0952. The molecule has 0 fully saturated rings. The van der Waals surface area contributed by atoms with E-state index in [1.165, 1.54) is 6.08 Å². The Morgan fingerprint density at radius 2 is 2.00 bits per heavy atom. The van der Waals surface area contributed by atoms with Crippen LogP contribution < -0.4 is 14.8 Å². The van der Waals surface area contributed by atoms with Crippen LogP contribution in [0.4, 0.5) is 5.69 Å². The van der Waals surface area contributed by atoms with E-state index >= 15 is 0 Å². The van der Waals surface area contributed by atoms with E-state index in [2.05, 4.69) is 5.32 Å². The van der Waals surface area contributed by atoms with E-state index < -0.39 is 11.9 Å². The third kappa shape index (κ3) is 3.61. The molecule has 0 saturated carbocycles. The second kappa shape index (κ2) is 7.40. The summed E-state index contributed by atoms with van der Waals surface area (Å²) in [6.07, 6.45) is 3.06. The van der Waals surface area contributed by atoms with Crippen LogP contribution in [0.5, 0.6) is 11.5 Å². The first-order chi connectivity index (χ1) is 14.0. The summed E-state index contributed by atoms with van der Waals surface area (Å²) in [6.45, 7) is -0.101. The van der Waals surface area contributed by atoms with Gasteiger partial charge in [-0.25, -0.2) is 0 Å². The molecular weight excluding hydrogens is 374 g/mol. The summed E-state index contributed by atoms with van der Waals surface area (Å²) in [4.78, 5) is 23.7. The van der Waals surface area contributed by atoms with Gasteiger partial charge in [-0.3, -0.25) is 9.59 Å². The molecule has 3 aromatic rings. The minimum Gasteiger partial charge on any atom is -0.480 e. The monoisotopic (exact) mass is 389 g/mol. The number of amides is 1. The smallest absolute Gasteiger partial charge is 0.323 e. The van der Waals surface area contributed by atoms with Crippen molar-refractivity contribution >= 4 is 34.5 Å². The van der Waals surface area contributed by atoms with Gasteiger partial charge in [0.2, 0.25) is 6.79 Å². The molecule has 0 atom stereocenters. The summed E-state index contributed by atoms with van der Waals surface area (Å²) >= 11 is 0. The van der Waals surface area contributed by atoms with Gasteiger partial charge in [0.1, 0.15) is 18.2 Å². The Morgan fingerprint density at radius 1 is 1.21 bits per heavy atom. The Labute approximate surface area is 165 Å². The van der Waals surface area contributed by atoms with Gasteiger partial charge in [-0.1, -0.05) is 18.2 Å². The average Bonchev–Trinajstić information content (AvgIpc) is 3.30. The fourth-order valence-electron chi connectivity index (χ4n) is 3.14. The van der Waals surface area contributed by atoms with Crippen LogP contribution in [0, 0.1) is 11.3 Å². The van der Waals surface area contributed by atoms with Gasteiger partial charge in [0.05, 0.1) is 0 Å². The molecule has 1 amide bonds. The third-order valence-electron chi connectivity index (χ3n) is 4.42. The SMILES string of the molecule is N#C/C(=C\c1cn(CC(=O)O)c2ccccc12)C(=O)Nc1ccc2c(c1)OCO2. The topological polar surface area (TPSA) is 114 Å². The van der Waals surface area contributed by atoms with Crippen molar-refractivity contribution in [3.63, 3.8) is 0 Å². The second-order valence-electron chi connectivity index (χ2n) is 6.32. The third-order valence-corrected chi connectivity index (χ3v) is 4.42. The van der Waals surface area contributed by atoms with E-state index in [4.69, 9.17) is 14.6 Å². The summed E-state index contributed by atoms with van der Waals surface area (Å²) < 4.78 is 12.1. The van der Waals surface area contributed by atoms with Crippen molar-refractivity contribution in [2.24, 2.45) is 0 Å². The maximum absolute atomic E-state index is 12.6. The fourth-order valence-corrected chi connectivity index (χ4v) is 3.14. The summed E-state index contributed by atoms with van der Waals surface area (Å²) in [5, 5.41) is 22.0. The molecule has 144 valence electrons. The molecule has 2 heterocycles. The summed E-state index contributed by atoms with van der Waals surface area (Å²) in [5.74, 6) is -0.462. The number of rotatable bonds is 5. The van der Waals surface area contributed by atoms with Crippen molar-refractivity contribution in [1.82, 2.24) is 4.57 Å². The second-order valence-corrected chi connectivity index (χ2v) is 6.32. The van der Waals surface area contributed by atoms with E-state index in [1.54, 1.807) is 41.1 Å². The van der Waals surface area contributed by atoms with Gasteiger partial charge < -0.3 is 24.5 Å². The Morgan fingerprint density at radius 3 is 2.79 bits per heavy atom. The molecule has 0 saturated heterocycles. The Bertz CT molecular complexity index is 1200. The molecule has 2 N–H and O–H groups in total. The molecule has 8 heteroatoms. The van der Waals surface area contributed by atoms with Gasteiger partial charge in [-0.2, -0.15) is 5.26 Å². The van der Waals surface area contributed by atoms with Gasteiger partial charge >= 0.3 is 5.97 Å².